The van der Waals surface area contributed by atoms with E-state index in [0.717, 1.165) is 5.56 Å². The fraction of sp³-hybridized carbons (Fsp3) is 0.391. The van der Waals surface area contributed by atoms with E-state index in [-0.39, 0.29) is 36.1 Å². The molecule has 1 aliphatic heterocycles. The van der Waals surface area contributed by atoms with E-state index < -0.39 is 12.0 Å². The quantitative estimate of drug-likeness (QED) is 0.512. The molecule has 2 atom stereocenters. The third-order valence-corrected chi connectivity index (χ3v) is 6.13. The van der Waals surface area contributed by atoms with Gasteiger partial charge < -0.3 is 20.3 Å². The highest BCUT2D eigenvalue weighted by Gasteiger charge is 2.38. The third kappa shape index (κ3) is 5.88. The van der Waals surface area contributed by atoms with Gasteiger partial charge in [-0.25, -0.2) is 4.79 Å². The summed E-state index contributed by atoms with van der Waals surface area (Å²) in [6.07, 6.45) is -3.98. The number of hydrogen-bond donors (Lipinski definition) is 2. The largest absolute Gasteiger partial charge is 0.496 e. The normalized spacial score (nSPS) is 17.9. The predicted molar refractivity (Wildman–Crippen MR) is 128 cm³/mol. The summed E-state index contributed by atoms with van der Waals surface area (Å²) in [4.78, 5) is 14.0. The van der Waals surface area contributed by atoms with Crippen molar-refractivity contribution in [1.29, 1.82) is 0 Å². The van der Waals surface area contributed by atoms with Gasteiger partial charge in [0.05, 0.1) is 12.8 Å². The van der Waals surface area contributed by atoms with E-state index in [1.165, 1.54) is 13.2 Å². The molecule has 2 aromatic carbocycles. The minimum Gasteiger partial charge on any atom is -0.496 e. The number of benzene rings is 2. The Hall–Kier alpha value is -3.38. The summed E-state index contributed by atoms with van der Waals surface area (Å²) >= 11 is 0. The van der Waals surface area contributed by atoms with Gasteiger partial charge in [0.1, 0.15) is 5.75 Å². The summed E-state index contributed by atoms with van der Waals surface area (Å²) < 4.78 is 46.0. The maximum Gasteiger partial charge on any atom is 0.453 e. The molecule has 1 aliphatic rings. The van der Waals surface area contributed by atoms with Crippen LogP contribution in [0, 0.1) is 0 Å². The second-order valence-electron chi connectivity index (χ2n) is 8.20. The highest BCUT2D eigenvalue weighted by molar-refractivity contribution is 5.85. The summed E-state index contributed by atoms with van der Waals surface area (Å²) in [6.45, 7) is 1.46. The maximum atomic E-state index is 13.3. The fourth-order valence-electron chi connectivity index (χ4n) is 4.39. The second kappa shape index (κ2) is 11.6. The van der Waals surface area contributed by atoms with Gasteiger partial charge in [0.15, 0.2) is 0 Å². The molecule has 0 aliphatic carbocycles. The highest BCUT2D eigenvalue weighted by Crippen LogP contribution is 2.31. The summed E-state index contributed by atoms with van der Waals surface area (Å²) in [6, 6.07) is 14.5. The van der Waals surface area contributed by atoms with Crippen molar-refractivity contribution in [3.8, 4) is 11.4 Å². The molecule has 2 unspecified atom stereocenters. The van der Waals surface area contributed by atoms with Crippen molar-refractivity contribution in [2.24, 2.45) is 0 Å². The first-order valence-electron chi connectivity index (χ1n) is 11.1. The average Bonchev–Trinajstić information content (AvgIpc) is 3.38. The Labute approximate surface area is 212 Å². The minimum atomic E-state index is -4.69. The van der Waals surface area contributed by atoms with Gasteiger partial charge in [-0.15, -0.1) is 17.5 Å². The third-order valence-electron chi connectivity index (χ3n) is 6.13. The number of carbonyl (C=O) groups excluding carboxylic acids is 1. The zero-order valence-electron chi connectivity index (χ0n) is 19.7. The van der Waals surface area contributed by atoms with Gasteiger partial charge in [-0.2, -0.15) is 17.9 Å². The van der Waals surface area contributed by atoms with Crippen molar-refractivity contribution >= 4 is 18.4 Å². The maximum absolute atomic E-state index is 13.3. The molecule has 36 heavy (non-hydrogen) atoms. The van der Waals surface area contributed by atoms with Gasteiger partial charge in [0, 0.05) is 44.2 Å². The Kier molecular flexibility index (Phi) is 8.75. The lowest BCUT2D eigenvalue weighted by atomic mass is 9.86. The molecule has 13 heteroatoms. The molecule has 0 radical (unpaired) electrons. The van der Waals surface area contributed by atoms with Crippen LogP contribution in [0.3, 0.4) is 0 Å². The summed E-state index contributed by atoms with van der Waals surface area (Å²) in [5.41, 5.74) is 1.94. The smallest absolute Gasteiger partial charge is 0.453 e. The topological polar surface area (TPSA) is 97.2 Å². The number of methoxy groups -OCH3 is 1. The lowest BCUT2D eigenvalue weighted by Gasteiger charge is -2.39. The SMILES string of the molecule is CNC(=O)N1CCC(NCc2cc(-n3nnnc3C(F)(F)F)ccc2OC)C(c2ccccc2)C1.Cl. The first-order valence-corrected chi connectivity index (χ1v) is 11.1. The predicted octanol–water partition coefficient (Wildman–Crippen LogP) is 3.40. The number of carbonyl (C=O) groups is 1. The summed E-state index contributed by atoms with van der Waals surface area (Å²) in [7, 11) is 3.11. The average molecular weight is 526 g/mol. The van der Waals surface area contributed by atoms with Crippen molar-refractivity contribution in [2.75, 3.05) is 27.2 Å². The van der Waals surface area contributed by atoms with E-state index in [1.807, 2.05) is 30.3 Å². The van der Waals surface area contributed by atoms with Crippen LogP contribution < -0.4 is 15.4 Å². The zero-order chi connectivity index (χ0) is 25.0. The van der Waals surface area contributed by atoms with E-state index in [1.54, 1.807) is 24.1 Å². The number of aromatic nitrogens is 4. The number of ether oxygens (including phenoxy) is 1. The Morgan fingerprint density at radius 2 is 1.94 bits per heavy atom. The molecule has 0 spiro atoms. The van der Waals surface area contributed by atoms with Gasteiger partial charge in [0.25, 0.3) is 5.82 Å². The van der Waals surface area contributed by atoms with Crippen molar-refractivity contribution in [3.63, 3.8) is 0 Å². The number of amides is 2. The number of nitrogens with one attached hydrogen (secondary N) is 2. The molecule has 0 bridgehead atoms. The number of halogens is 4. The van der Waals surface area contributed by atoms with Crippen LogP contribution in [0.25, 0.3) is 5.69 Å². The molecular weight excluding hydrogens is 499 g/mol. The van der Waals surface area contributed by atoms with Crippen LogP contribution >= 0.6 is 12.4 Å². The van der Waals surface area contributed by atoms with Crippen LogP contribution in [0.15, 0.2) is 48.5 Å². The van der Waals surface area contributed by atoms with Crippen LogP contribution in [-0.2, 0) is 12.7 Å². The second-order valence-corrected chi connectivity index (χ2v) is 8.20. The van der Waals surface area contributed by atoms with Crippen LogP contribution in [0.4, 0.5) is 18.0 Å². The number of likely N-dealkylation sites (tertiary alicyclic amines) is 1. The lowest BCUT2D eigenvalue weighted by molar-refractivity contribution is -0.146. The van der Waals surface area contributed by atoms with Gasteiger partial charge in [-0.1, -0.05) is 30.3 Å². The fourth-order valence-corrected chi connectivity index (χ4v) is 4.39. The molecule has 2 N–H and O–H groups in total. The number of tetrazole rings is 1. The molecule has 4 rings (SSSR count). The first-order chi connectivity index (χ1) is 16.8. The van der Waals surface area contributed by atoms with E-state index >= 15 is 0 Å². The van der Waals surface area contributed by atoms with E-state index in [9.17, 15) is 18.0 Å². The number of urea groups is 1. The monoisotopic (exact) mass is 525 g/mol. The van der Waals surface area contributed by atoms with Gasteiger partial charge in [-0.05, 0) is 40.6 Å². The van der Waals surface area contributed by atoms with Crippen molar-refractivity contribution in [1.82, 2.24) is 35.7 Å². The van der Waals surface area contributed by atoms with Gasteiger partial charge in [0.2, 0.25) is 0 Å². The first kappa shape index (κ1) is 27.2. The Balaban J connectivity index is 0.00000361. The Bertz CT molecular complexity index is 1160. The molecule has 9 nitrogen and oxygen atoms in total. The number of rotatable bonds is 6. The van der Waals surface area contributed by atoms with Gasteiger partial charge >= 0.3 is 12.2 Å². The Morgan fingerprint density at radius 3 is 2.61 bits per heavy atom. The molecule has 1 fully saturated rings. The van der Waals surface area contributed by atoms with Crippen molar-refractivity contribution in [3.05, 3.63) is 65.5 Å². The summed E-state index contributed by atoms with van der Waals surface area (Å²) in [5, 5.41) is 16.0. The number of hydrogen-bond acceptors (Lipinski definition) is 6. The molecule has 3 aromatic rings. The van der Waals surface area contributed by atoms with Crippen LogP contribution in [0.5, 0.6) is 5.75 Å². The Morgan fingerprint density at radius 1 is 1.19 bits per heavy atom. The van der Waals surface area contributed by atoms with Crippen LogP contribution in [0.2, 0.25) is 0 Å². The molecule has 1 saturated heterocycles. The minimum absolute atomic E-state index is 0. The zero-order valence-corrected chi connectivity index (χ0v) is 20.5. The molecule has 1 aromatic heterocycles. The lowest BCUT2D eigenvalue weighted by Crippen LogP contribution is -2.51. The van der Waals surface area contributed by atoms with Crippen LogP contribution in [0.1, 0.15) is 29.3 Å². The number of alkyl halides is 3. The van der Waals surface area contributed by atoms with E-state index in [4.69, 9.17) is 4.74 Å². The standard InChI is InChI=1S/C23H26F3N7O2.ClH/c1-27-22(34)32-11-10-19(18(14-32)15-6-4-3-5-7-15)28-13-16-12-17(8-9-20(16)35-2)33-21(23(24,25)26)29-30-31-33;/h3-9,12,18-19,28H,10-11,13-14H2,1-2H3,(H,27,34);1H. The molecule has 194 valence electrons. The molecule has 2 heterocycles. The molecule has 2 amide bonds. The van der Waals surface area contributed by atoms with Crippen molar-refractivity contribution in [2.45, 2.75) is 31.1 Å². The van der Waals surface area contributed by atoms with Crippen LogP contribution in [-0.4, -0.2) is 64.4 Å². The number of piperidine rings is 1. The number of nitrogens with zero attached hydrogens (tertiary/aromatic N) is 5. The van der Waals surface area contributed by atoms with E-state index in [0.29, 0.717) is 42.0 Å². The molecular formula is C23H27ClF3N7O2. The summed E-state index contributed by atoms with van der Waals surface area (Å²) in [5.74, 6) is -0.637. The van der Waals surface area contributed by atoms with Crippen molar-refractivity contribution < 1.29 is 22.7 Å². The van der Waals surface area contributed by atoms with Gasteiger partial charge in [-0.3, -0.25) is 0 Å². The molecule has 0 saturated carbocycles. The van der Waals surface area contributed by atoms with E-state index in [2.05, 4.69) is 26.2 Å². The highest BCUT2D eigenvalue weighted by atomic mass is 35.5.